The predicted molar refractivity (Wildman–Crippen MR) is 47.1 cm³/mol. The summed E-state index contributed by atoms with van der Waals surface area (Å²) in [5.74, 6) is -0.301. The van der Waals surface area contributed by atoms with Gasteiger partial charge in [-0.2, -0.15) is 0 Å². The highest BCUT2D eigenvalue weighted by Gasteiger charge is 2.07. The molecule has 0 unspecified atom stereocenters. The molecule has 0 amide bonds. The number of nitrogens with zero attached hydrogens (tertiary/aromatic N) is 3. The van der Waals surface area contributed by atoms with Crippen molar-refractivity contribution in [1.82, 2.24) is 0 Å². The molecule has 0 radical (unpaired) electrons. The number of aromatic hydroxyl groups is 1. The molecule has 6 heteroatoms. The molecule has 0 aliphatic heterocycles. The molecular weight excluding hydrogens is 194 g/mol. The fraction of sp³-hybridized carbons (Fsp3) is 0. The van der Waals surface area contributed by atoms with E-state index >= 15 is 0 Å². The summed E-state index contributed by atoms with van der Waals surface area (Å²) in [5.41, 5.74) is 8.28. The molecule has 66 valence electrons. The number of benzene rings is 1. The topological polar surface area (TPSA) is 86.1 Å². The van der Waals surface area contributed by atoms with Gasteiger partial charge in [0.25, 0.3) is 5.24 Å². The van der Waals surface area contributed by atoms with E-state index in [9.17, 15) is 9.90 Å². The smallest absolute Gasteiger partial charge is 0.256 e. The molecule has 0 atom stereocenters. The lowest BCUT2D eigenvalue weighted by atomic mass is 10.2. The van der Waals surface area contributed by atoms with Crippen LogP contribution in [0.2, 0.25) is 0 Å². The van der Waals surface area contributed by atoms with E-state index in [1.165, 1.54) is 12.1 Å². The van der Waals surface area contributed by atoms with Crippen molar-refractivity contribution in [1.29, 1.82) is 0 Å². The van der Waals surface area contributed by atoms with Gasteiger partial charge in [-0.05, 0) is 29.3 Å². The van der Waals surface area contributed by atoms with Crippen LogP contribution in [0, 0.1) is 0 Å². The van der Waals surface area contributed by atoms with Gasteiger partial charge in [0, 0.05) is 10.6 Å². The second-order valence-electron chi connectivity index (χ2n) is 2.16. The Hall–Kier alpha value is -1.71. The zero-order valence-corrected chi connectivity index (χ0v) is 7.06. The predicted octanol–water partition coefficient (Wildman–Crippen LogP) is 2.71. The van der Waals surface area contributed by atoms with Crippen molar-refractivity contribution in [2.75, 3.05) is 0 Å². The maximum absolute atomic E-state index is 10.6. The SMILES string of the molecule is [N-]=[N+]=Nc1ccc(C(=O)Cl)c(O)c1. The monoisotopic (exact) mass is 197 g/mol. The molecule has 0 heterocycles. The summed E-state index contributed by atoms with van der Waals surface area (Å²) < 4.78 is 0. The Kier molecular flexibility index (Phi) is 2.74. The number of azide groups is 1. The zero-order chi connectivity index (χ0) is 9.84. The number of rotatable bonds is 2. The highest BCUT2D eigenvalue weighted by Crippen LogP contribution is 2.24. The second kappa shape index (κ2) is 3.80. The van der Waals surface area contributed by atoms with Crippen molar-refractivity contribution in [3.05, 3.63) is 34.2 Å². The van der Waals surface area contributed by atoms with Crippen LogP contribution in [0.25, 0.3) is 10.4 Å². The van der Waals surface area contributed by atoms with Crippen LogP contribution < -0.4 is 0 Å². The lowest BCUT2D eigenvalue weighted by Crippen LogP contribution is -1.87. The van der Waals surface area contributed by atoms with E-state index in [0.29, 0.717) is 0 Å². The Bertz CT molecular complexity index is 399. The minimum atomic E-state index is -0.759. The first kappa shape index (κ1) is 9.38. The molecule has 0 aromatic heterocycles. The van der Waals surface area contributed by atoms with Crippen molar-refractivity contribution >= 4 is 22.5 Å². The molecule has 0 fully saturated rings. The lowest BCUT2D eigenvalue weighted by Gasteiger charge is -1.98. The molecule has 0 bridgehead atoms. The summed E-state index contributed by atoms with van der Waals surface area (Å²) >= 11 is 5.14. The fourth-order valence-electron chi connectivity index (χ4n) is 0.800. The zero-order valence-electron chi connectivity index (χ0n) is 6.31. The molecule has 5 nitrogen and oxygen atoms in total. The Morgan fingerprint density at radius 2 is 2.31 bits per heavy atom. The van der Waals surface area contributed by atoms with Gasteiger partial charge < -0.3 is 5.11 Å². The van der Waals surface area contributed by atoms with Gasteiger partial charge in [0.05, 0.1) is 5.56 Å². The maximum atomic E-state index is 10.6. The molecule has 0 saturated heterocycles. The molecule has 0 aliphatic carbocycles. The molecule has 1 aromatic rings. The second-order valence-corrected chi connectivity index (χ2v) is 2.51. The van der Waals surface area contributed by atoms with Crippen molar-refractivity contribution < 1.29 is 9.90 Å². The normalized spacial score (nSPS) is 9.00. The Balaban J connectivity index is 3.19. The van der Waals surface area contributed by atoms with Crippen LogP contribution in [-0.4, -0.2) is 10.3 Å². The van der Waals surface area contributed by atoms with E-state index in [1.807, 2.05) is 0 Å². The highest BCUT2D eigenvalue weighted by atomic mass is 35.5. The molecule has 0 saturated carbocycles. The Morgan fingerprint density at radius 1 is 1.62 bits per heavy atom. The van der Waals surface area contributed by atoms with Gasteiger partial charge in [-0.25, -0.2) is 0 Å². The van der Waals surface area contributed by atoms with Gasteiger partial charge in [-0.15, -0.1) is 0 Å². The number of phenols is 1. The van der Waals surface area contributed by atoms with E-state index in [0.717, 1.165) is 6.07 Å². The number of carbonyl (C=O) groups is 1. The summed E-state index contributed by atoms with van der Waals surface area (Å²) in [6.07, 6.45) is 0. The quantitative estimate of drug-likeness (QED) is 0.342. The molecule has 13 heavy (non-hydrogen) atoms. The van der Waals surface area contributed by atoms with E-state index in [4.69, 9.17) is 17.1 Å². The third-order valence-electron chi connectivity index (χ3n) is 1.35. The minimum Gasteiger partial charge on any atom is -0.507 e. The average Bonchev–Trinajstić information content (AvgIpc) is 2.04. The number of halogens is 1. The Morgan fingerprint density at radius 3 is 2.77 bits per heavy atom. The summed E-state index contributed by atoms with van der Waals surface area (Å²) in [5, 5.41) is 11.7. The van der Waals surface area contributed by atoms with Crippen LogP contribution in [0.5, 0.6) is 5.75 Å². The summed E-state index contributed by atoms with van der Waals surface area (Å²) in [6.45, 7) is 0. The molecule has 1 aromatic carbocycles. The van der Waals surface area contributed by atoms with Gasteiger partial charge in [-0.3, -0.25) is 4.79 Å². The third kappa shape index (κ3) is 2.11. The minimum absolute atomic E-state index is 0.0152. The first-order valence-corrected chi connectivity index (χ1v) is 3.61. The molecule has 0 spiro atoms. The lowest BCUT2D eigenvalue weighted by molar-refractivity contribution is 0.107. The number of hydrogen-bond acceptors (Lipinski definition) is 3. The van der Waals surface area contributed by atoms with Gasteiger partial charge in [0.15, 0.2) is 0 Å². The third-order valence-corrected chi connectivity index (χ3v) is 1.56. The first-order valence-electron chi connectivity index (χ1n) is 3.23. The molecular formula is C7H4ClN3O2. The van der Waals surface area contributed by atoms with Crippen LogP contribution >= 0.6 is 11.6 Å². The summed E-state index contributed by atoms with van der Waals surface area (Å²) in [7, 11) is 0. The standard InChI is InChI=1S/C7H4ClN3O2/c8-7(13)5-2-1-4(10-11-9)3-6(5)12/h1-3,12H. The number of hydrogen-bond donors (Lipinski definition) is 1. The van der Waals surface area contributed by atoms with Gasteiger partial charge in [-0.1, -0.05) is 11.2 Å². The first-order chi connectivity index (χ1) is 6.15. The van der Waals surface area contributed by atoms with E-state index in [2.05, 4.69) is 10.0 Å². The van der Waals surface area contributed by atoms with Crippen LogP contribution in [0.3, 0.4) is 0 Å². The van der Waals surface area contributed by atoms with Gasteiger partial charge in [0.1, 0.15) is 5.75 Å². The Labute approximate surface area is 78.2 Å². The van der Waals surface area contributed by atoms with Crippen LogP contribution in [0.4, 0.5) is 5.69 Å². The summed E-state index contributed by atoms with van der Waals surface area (Å²) in [4.78, 5) is 13.2. The largest absolute Gasteiger partial charge is 0.507 e. The molecule has 1 rings (SSSR count). The van der Waals surface area contributed by atoms with Crippen molar-refractivity contribution in [2.24, 2.45) is 5.11 Å². The number of carbonyl (C=O) groups excluding carboxylic acids is 1. The van der Waals surface area contributed by atoms with E-state index in [-0.39, 0.29) is 17.0 Å². The van der Waals surface area contributed by atoms with Crippen molar-refractivity contribution in [2.45, 2.75) is 0 Å². The van der Waals surface area contributed by atoms with Crippen LogP contribution in [-0.2, 0) is 0 Å². The van der Waals surface area contributed by atoms with Crippen LogP contribution in [0.1, 0.15) is 10.4 Å². The highest BCUT2D eigenvalue weighted by molar-refractivity contribution is 6.68. The molecule has 0 aliphatic rings. The summed E-state index contributed by atoms with van der Waals surface area (Å²) in [6, 6.07) is 3.83. The molecule has 1 N–H and O–H groups in total. The van der Waals surface area contributed by atoms with Crippen molar-refractivity contribution in [3.63, 3.8) is 0 Å². The van der Waals surface area contributed by atoms with Gasteiger partial charge in [0.2, 0.25) is 0 Å². The fourth-order valence-corrected chi connectivity index (χ4v) is 0.960. The number of phenolic OH excluding ortho intramolecular Hbond substituents is 1. The van der Waals surface area contributed by atoms with E-state index < -0.39 is 5.24 Å². The maximum Gasteiger partial charge on any atom is 0.256 e. The van der Waals surface area contributed by atoms with Crippen LogP contribution in [0.15, 0.2) is 23.3 Å². The van der Waals surface area contributed by atoms with Gasteiger partial charge >= 0.3 is 0 Å². The van der Waals surface area contributed by atoms with E-state index in [1.54, 1.807) is 0 Å². The van der Waals surface area contributed by atoms with Crippen molar-refractivity contribution in [3.8, 4) is 5.75 Å². The average molecular weight is 198 g/mol.